The maximum Gasteiger partial charge on any atom is 0.150 e. The minimum atomic E-state index is -0.901. The quantitative estimate of drug-likeness (QED) is 0.847. The summed E-state index contributed by atoms with van der Waals surface area (Å²) in [5.41, 5.74) is -0.350. The summed E-state index contributed by atoms with van der Waals surface area (Å²) in [7, 11) is 0. The zero-order chi connectivity index (χ0) is 12.3. The van der Waals surface area contributed by atoms with Gasteiger partial charge in [0, 0.05) is 5.56 Å². The first-order valence-corrected chi connectivity index (χ1v) is 6.21. The number of halogens is 2. The predicted molar refractivity (Wildman–Crippen MR) is 69.0 cm³/mol. The summed E-state index contributed by atoms with van der Waals surface area (Å²) in [6.07, 6.45) is 0.759. The van der Waals surface area contributed by atoms with Crippen molar-refractivity contribution in [1.82, 2.24) is 0 Å². The van der Waals surface area contributed by atoms with Gasteiger partial charge >= 0.3 is 0 Å². The van der Waals surface area contributed by atoms with Gasteiger partial charge in [0.25, 0.3) is 0 Å². The van der Waals surface area contributed by atoms with Crippen LogP contribution in [0.15, 0.2) is 21.1 Å². The minimum Gasteiger partial charge on any atom is -0.488 e. The van der Waals surface area contributed by atoms with Crippen molar-refractivity contribution in [2.75, 3.05) is 6.61 Å². The van der Waals surface area contributed by atoms with E-state index in [9.17, 15) is 9.90 Å². The van der Waals surface area contributed by atoms with Gasteiger partial charge in [-0.2, -0.15) is 0 Å². The molecule has 0 amide bonds. The van der Waals surface area contributed by atoms with Crippen molar-refractivity contribution in [2.24, 2.45) is 0 Å². The molecule has 0 unspecified atom stereocenters. The number of hydrogen-bond acceptors (Lipinski definition) is 3. The Kier molecular flexibility index (Phi) is 4.52. The fourth-order valence-electron chi connectivity index (χ4n) is 1.03. The van der Waals surface area contributed by atoms with Gasteiger partial charge in [-0.15, -0.1) is 0 Å². The van der Waals surface area contributed by atoms with E-state index in [4.69, 9.17) is 4.74 Å². The van der Waals surface area contributed by atoms with Crippen LogP contribution in [0.5, 0.6) is 5.75 Å². The van der Waals surface area contributed by atoms with Gasteiger partial charge in [-0.05, 0) is 57.8 Å². The molecular formula is C11H12Br2O3. The largest absolute Gasteiger partial charge is 0.488 e. The molecule has 0 atom stereocenters. The molecular weight excluding hydrogens is 340 g/mol. The highest BCUT2D eigenvalue weighted by atomic mass is 79.9. The molecule has 5 heteroatoms. The highest BCUT2D eigenvalue weighted by Crippen LogP contribution is 2.34. The Morgan fingerprint density at radius 2 is 1.88 bits per heavy atom. The van der Waals surface area contributed by atoms with Crippen LogP contribution in [0.25, 0.3) is 0 Å². The molecule has 1 aromatic rings. The van der Waals surface area contributed by atoms with Crippen LogP contribution in [0, 0.1) is 0 Å². The molecule has 0 spiro atoms. The Balaban J connectivity index is 2.93. The Hall–Kier alpha value is -0.390. The number of aldehydes is 1. The van der Waals surface area contributed by atoms with E-state index in [0.717, 1.165) is 6.29 Å². The van der Waals surface area contributed by atoms with Gasteiger partial charge in [-0.3, -0.25) is 4.79 Å². The van der Waals surface area contributed by atoms with Crippen molar-refractivity contribution in [3.63, 3.8) is 0 Å². The molecule has 0 aliphatic carbocycles. The summed E-state index contributed by atoms with van der Waals surface area (Å²) in [4.78, 5) is 10.6. The topological polar surface area (TPSA) is 46.5 Å². The Morgan fingerprint density at radius 1 is 1.38 bits per heavy atom. The highest BCUT2D eigenvalue weighted by molar-refractivity contribution is 9.11. The van der Waals surface area contributed by atoms with E-state index in [1.807, 2.05) is 0 Å². The van der Waals surface area contributed by atoms with Gasteiger partial charge in [0.1, 0.15) is 18.6 Å². The fourth-order valence-corrected chi connectivity index (χ4v) is 2.48. The van der Waals surface area contributed by atoms with Crippen LogP contribution < -0.4 is 4.74 Å². The van der Waals surface area contributed by atoms with E-state index in [1.54, 1.807) is 26.0 Å². The summed E-state index contributed by atoms with van der Waals surface area (Å²) in [6.45, 7) is 3.49. The van der Waals surface area contributed by atoms with Gasteiger partial charge in [-0.1, -0.05) is 0 Å². The molecule has 88 valence electrons. The smallest absolute Gasteiger partial charge is 0.150 e. The van der Waals surface area contributed by atoms with Crippen molar-refractivity contribution in [2.45, 2.75) is 19.4 Å². The summed E-state index contributed by atoms with van der Waals surface area (Å²) < 4.78 is 6.82. The lowest BCUT2D eigenvalue weighted by molar-refractivity contribution is 0.0279. The van der Waals surface area contributed by atoms with Crippen LogP contribution in [-0.2, 0) is 0 Å². The van der Waals surface area contributed by atoms with Crippen LogP contribution in [0.4, 0.5) is 0 Å². The van der Waals surface area contributed by atoms with Crippen molar-refractivity contribution in [3.8, 4) is 5.75 Å². The van der Waals surface area contributed by atoms with Crippen LogP contribution in [0.2, 0.25) is 0 Å². The summed E-state index contributed by atoms with van der Waals surface area (Å²) in [6, 6.07) is 3.33. The van der Waals surface area contributed by atoms with Crippen LogP contribution >= 0.6 is 31.9 Å². The number of benzene rings is 1. The molecule has 1 aromatic carbocycles. The molecule has 0 fully saturated rings. The number of carbonyl (C=O) groups excluding carboxylic acids is 1. The van der Waals surface area contributed by atoms with Crippen LogP contribution in [0.3, 0.4) is 0 Å². The lowest BCUT2D eigenvalue weighted by Crippen LogP contribution is -2.28. The first-order chi connectivity index (χ1) is 7.33. The van der Waals surface area contributed by atoms with Gasteiger partial charge in [0.15, 0.2) is 0 Å². The number of aliphatic hydroxyl groups is 1. The van der Waals surface area contributed by atoms with Gasteiger partial charge in [-0.25, -0.2) is 0 Å². The maximum absolute atomic E-state index is 10.6. The van der Waals surface area contributed by atoms with Crippen molar-refractivity contribution >= 4 is 38.1 Å². The highest BCUT2D eigenvalue weighted by Gasteiger charge is 2.16. The van der Waals surface area contributed by atoms with Crippen LogP contribution in [-0.4, -0.2) is 23.6 Å². The normalized spacial score (nSPS) is 11.3. The first kappa shape index (κ1) is 13.7. The van der Waals surface area contributed by atoms with Gasteiger partial charge < -0.3 is 9.84 Å². The molecule has 16 heavy (non-hydrogen) atoms. The van der Waals surface area contributed by atoms with Crippen molar-refractivity contribution in [1.29, 1.82) is 0 Å². The molecule has 0 heterocycles. The van der Waals surface area contributed by atoms with Crippen LogP contribution in [0.1, 0.15) is 24.2 Å². The lowest BCUT2D eigenvalue weighted by Gasteiger charge is -2.19. The first-order valence-electron chi connectivity index (χ1n) is 4.63. The summed E-state index contributed by atoms with van der Waals surface area (Å²) in [5, 5.41) is 9.55. The predicted octanol–water partition coefficient (Wildman–Crippen LogP) is 3.17. The molecule has 0 aliphatic heterocycles. The van der Waals surface area contributed by atoms with E-state index >= 15 is 0 Å². The second-order valence-electron chi connectivity index (χ2n) is 4.03. The van der Waals surface area contributed by atoms with E-state index < -0.39 is 5.60 Å². The summed E-state index contributed by atoms with van der Waals surface area (Å²) in [5.74, 6) is 0.577. The Morgan fingerprint density at radius 3 is 2.25 bits per heavy atom. The van der Waals surface area contributed by atoms with Gasteiger partial charge in [0.2, 0.25) is 0 Å². The van der Waals surface area contributed by atoms with E-state index in [-0.39, 0.29) is 6.61 Å². The molecule has 0 aromatic heterocycles. The summed E-state index contributed by atoms with van der Waals surface area (Å²) >= 11 is 6.62. The third kappa shape index (κ3) is 3.88. The lowest BCUT2D eigenvalue weighted by atomic mass is 10.2. The van der Waals surface area contributed by atoms with Crippen molar-refractivity contribution in [3.05, 3.63) is 26.6 Å². The zero-order valence-electron chi connectivity index (χ0n) is 8.96. The molecule has 0 saturated carbocycles. The Labute approximate surface area is 111 Å². The Bertz CT molecular complexity index is 374. The second-order valence-corrected chi connectivity index (χ2v) is 5.74. The third-order valence-corrected chi connectivity index (χ3v) is 2.90. The molecule has 0 radical (unpaired) electrons. The molecule has 1 rings (SSSR count). The van der Waals surface area contributed by atoms with Gasteiger partial charge in [0.05, 0.1) is 14.5 Å². The SMILES string of the molecule is CC(C)(O)COc1c(Br)cc(C=O)cc1Br. The monoisotopic (exact) mass is 350 g/mol. The van der Waals surface area contributed by atoms with E-state index in [1.165, 1.54) is 0 Å². The molecule has 0 saturated heterocycles. The maximum atomic E-state index is 10.6. The van der Waals surface area contributed by atoms with E-state index in [2.05, 4.69) is 31.9 Å². The standard InChI is InChI=1S/C11H12Br2O3/c1-11(2,15)6-16-10-8(12)3-7(5-14)4-9(10)13/h3-5,15H,6H2,1-2H3. The average molecular weight is 352 g/mol. The molecule has 3 nitrogen and oxygen atoms in total. The zero-order valence-corrected chi connectivity index (χ0v) is 12.1. The average Bonchev–Trinajstić information content (AvgIpc) is 2.14. The third-order valence-electron chi connectivity index (χ3n) is 1.73. The second kappa shape index (κ2) is 5.29. The molecule has 0 aliphatic rings. The number of rotatable bonds is 4. The minimum absolute atomic E-state index is 0.171. The fraction of sp³-hybridized carbons (Fsp3) is 0.364. The van der Waals surface area contributed by atoms with Crippen molar-refractivity contribution < 1.29 is 14.6 Å². The van der Waals surface area contributed by atoms with E-state index in [0.29, 0.717) is 20.3 Å². The number of ether oxygens (including phenoxy) is 1. The number of hydrogen-bond donors (Lipinski definition) is 1. The number of carbonyl (C=O) groups is 1. The molecule has 1 N–H and O–H groups in total. The molecule has 0 bridgehead atoms.